The van der Waals surface area contributed by atoms with Gasteiger partial charge in [-0.1, -0.05) is 11.6 Å². The summed E-state index contributed by atoms with van der Waals surface area (Å²) in [4.78, 5) is 13.9. The summed E-state index contributed by atoms with van der Waals surface area (Å²) in [5.74, 6) is -3.27. The second kappa shape index (κ2) is 12.6. The minimum Gasteiger partial charge on any atom is -0.390 e. The maximum atomic E-state index is 13.9. The van der Waals surface area contributed by atoms with E-state index >= 15 is 0 Å². The molecular weight excluding hydrogens is 597 g/mol. The van der Waals surface area contributed by atoms with Gasteiger partial charge in [-0.2, -0.15) is 22.6 Å². The Morgan fingerprint density at radius 3 is 2.44 bits per heavy atom. The number of amides is 1. The molecule has 0 radical (unpaired) electrons. The third-order valence-corrected chi connectivity index (χ3v) is 8.81. The number of likely N-dealkylation sites (tertiary alicyclic amines) is 1. The summed E-state index contributed by atoms with van der Waals surface area (Å²) in [5.41, 5.74) is 1.24. The van der Waals surface area contributed by atoms with E-state index in [0.29, 0.717) is 16.8 Å². The second-order valence-electron chi connectivity index (χ2n) is 11.4. The van der Waals surface area contributed by atoms with Crippen LogP contribution in [0.25, 0.3) is 11.3 Å². The zero-order valence-electron chi connectivity index (χ0n) is 24.2. The molecule has 2 N–H and O–H groups in total. The number of halogens is 5. The number of hydrogen-bond donors (Lipinski definition) is 2. The van der Waals surface area contributed by atoms with Crippen LogP contribution < -0.4 is 5.32 Å². The van der Waals surface area contributed by atoms with Gasteiger partial charge in [0.25, 0.3) is 5.92 Å². The summed E-state index contributed by atoms with van der Waals surface area (Å²) in [7, 11) is -3.60. The van der Waals surface area contributed by atoms with Crippen LogP contribution in [0, 0.1) is 0 Å². The molecule has 0 bridgehead atoms. The number of sulfonamides is 1. The van der Waals surface area contributed by atoms with Crippen LogP contribution in [0.2, 0.25) is 0 Å². The van der Waals surface area contributed by atoms with Crippen LogP contribution >= 0.6 is 0 Å². The Kier molecular flexibility index (Phi) is 9.69. The van der Waals surface area contributed by atoms with Gasteiger partial charge in [0.1, 0.15) is 0 Å². The van der Waals surface area contributed by atoms with E-state index in [0.717, 1.165) is 12.3 Å². The fourth-order valence-electron chi connectivity index (χ4n) is 5.41. The van der Waals surface area contributed by atoms with Crippen LogP contribution in [0.3, 0.4) is 0 Å². The van der Waals surface area contributed by atoms with Gasteiger partial charge in [0.15, 0.2) is 0 Å². The lowest BCUT2D eigenvalue weighted by Crippen LogP contribution is -2.43. The summed E-state index contributed by atoms with van der Waals surface area (Å²) in [6, 6.07) is 3.44. The fourth-order valence-corrected chi connectivity index (χ4v) is 6.20. The van der Waals surface area contributed by atoms with Crippen molar-refractivity contribution in [3.63, 3.8) is 0 Å². The first kappa shape index (κ1) is 33.0. The maximum absolute atomic E-state index is 13.9. The first-order valence-corrected chi connectivity index (χ1v) is 15.7. The summed E-state index contributed by atoms with van der Waals surface area (Å²) in [6.07, 6.45) is -3.67. The van der Waals surface area contributed by atoms with Gasteiger partial charge in [0.2, 0.25) is 15.9 Å². The smallest absolute Gasteiger partial charge is 0.390 e. The number of carbonyl (C=O) groups excluding carboxylic acids is 1. The Bertz CT molecular complexity index is 1470. The number of benzene rings is 1. The van der Waals surface area contributed by atoms with Crippen molar-refractivity contribution >= 4 is 15.9 Å². The van der Waals surface area contributed by atoms with Crippen LogP contribution in [0.4, 0.5) is 22.0 Å². The average molecular weight is 634 g/mol. The van der Waals surface area contributed by atoms with Crippen LogP contribution in [-0.4, -0.2) is 82.9 Å². The van der Waals surface area contributed by atoms with Gasteiger partial charge in [-0.15, -0.1) is 0 Å². The zero-order valence-corrected chi connectivity index (χ0v) is 25.0. The summed E-state index contributed by atoms with van der Waals surface area (Å²) >= 11 is 0. The molecule has 0 saturated carbocycles. The first-order chi connectivity index (χ1) is 19.9. The van der Waals surface area contributed by atoms with Crippen molar-refractivity contribution in [1.29, 1.82) is 0 Å². The molecule has 2 aliphatic rings. The third kappa shape index (κ3) is 8.40. The molecule has 1 fully saturated rings. The Labute approximate surface area is 247 Å². The molecule has 2 aliphatic heterocycles. The highest BCUT2D eigenvalue weighted by atomic mass is 32.2. The maximum Gasteiger partial charge on any atom is 0.416 e. The number of alkyl halides is 5. The lowest BCUT2D eigenvalue weighted by Gasteiger charge is -2.33. The minimum atomic E-state index is -4.69. The van der Waals surface area contributed by atoms with Crippen LogP contribution in [0.15, 0.2) is 29.8 Å². The average Bonchev–Trinajstić information content (AvgIpc) is 3.24. The van der Waals surface area contributed by atoms with E-state index in [2.05, 4.69) is 10.4 Å². The summed E-state index contributed by atoms with van der Waals surface area (Å²) < 4.78 is 96.2. The van der Waals surface area contributed by atoms with Crippen molar-refractivity contribution < 1.29 is 40.3 Å². The standard InChI is InChI=1S/C28H36F5N5O4S/c1-18(2)12-25(40)34-14-20-13-19(4-5-23(20)28(31,32)33)26-22-17-37(43(3,41)42)9-6-24(22)38(35-26)16-21(39)15-36-10-7-27(29,30)8-11-36/h4-5,12-13,21,39H,6-11,14-17H2,1-3H3,(H,34,40). The largest absolute Gasteiger partial charge is 0.416 e. The Balaban J connectivity index is 1.67. The quantitative estimate of drug-likeness (QED) is 0.323. The topological polar surface area (TPSA) is 108 Å². The highest BCUT2D eigenvalue weighted by Crippen LogP contribution is 2.37. The van der Waals surface area contributed by atoms with E-state index in [1.807, 2.05) is 0 Å². The van der Waals surface area contributed by atoms with Crippen molar-refractivity contribution in [2.45, 2.75) is 70.9 Å². The summed E-state index contributed by atoms with van der Waals surface area (Å²) in [5, 5.41) is 17.9. The molecule has 1 aromatic heterocycles. The number of aliphatic hydroxyl groups excluding tert-OH is 1. The van der Waals surface area contributed by atoms with Gasteiger partial charge < -0.3 is 15.3 Å². The number of carbonyl (C=O) groups is 1. The molecule has 1 unspecified atom stereocenters. The van der Waals surface area contributed by atoms with Crippen LogP contribution in [0.1, 0.15) is 49.1 Å². The molecule has 2 aromatic rings. The highest BCUT2D eigenvalue weighted by Gasteiger charge is 2.36. The zero-order chi connectivity index (χ0) is 31.7. The molecule has 43 heavy (non-hydrogen) atoms. The highest BCUT2D eigenvalue weighted by molar-refractivity contribution is 7.88. The van der Waals surface area contributed by atoms with Crippen LogP contribution in [-0.2, 0) is 47.0 Å². The fraction of sp³-hybridized carbons (Fsp3) is 0.571. The molecule has 15 heteroatoms. The molecular formula is C28H36F5N5O4S. The Morgan fingerprint density at radius 1 is 1.16 bits per heavy atom. The Morgan fingerprint density at radius 2 is 1.84 bits per heavy atom. The number of rotatable bonds is 9. The van der Waals surface area contributed by atoms with Crippen molar-refractivity contribution in [2.75, 3.05) is 32.4 Å². The number of hydrogen-bond acceptors (Lipinski definition) is 6. The number of piperidine rings is 1. The monoisotopic (exact) mass is 633 g/mol. The number of aromatic nitrogens is 2. The van der Waals surface area contributed by atoms with E-state index in [9.17, 15) is 40.3 Å². The summed E-state index contributed by atoms with van der Waals surface area (Å²) in [6.45, 7) is 3.44. The molecule has 1 atom stereocenters. The third-order valence-electron chi connectivity index (χ3n) is 7.57. The Hall–Kier alpha value is -2.88. The number of fused-ring (bicyclic) bond motifs is 1. The lowest BCUT2D eigenvalue weighted by molar-refractivity contribution is -0.138. The molecule has 238 valence electrons. The first-order valence-electron chi connectivity index (χ1n) is 13.9. The van der Waals surface area contributed by atoms with Gasteiger partial charge in [-0.3, -0.25) is 9.48 Å². The normalized spacial score (nSPS) is 18.6. The van der Waals surface area contributed by atoms with Gasteiger partial charge in [-0.25, -0.2) is 17.2 Å². The second-order valence-corrected chi connectivity index (χ2v) is 13.4. The van der Waals surface area contributed by atoms with E-state index in [4.69, 9.17) is 0 Å². The van der Waals surface area contributed by atoms with Gasteiger partial charge >= 0.3 is 6.18 Å². The molecule has 4 rings (SSSR count). The molecule has 1 aromatic carbocycles. The molecule has 3 heterocycles. The van der Waals surface area contributed by atoms with Crippen molar-refractivity contribution in [1.82, 2.24) is 24.3 Å². The van der Waals surface area contributed by atoms with E-state index in [-0.39, 0.29) is 75.4 Å². The van der Waals surface area contributed by atoms with E-state index in [1.54, 1.807) is 18.7 Å². The van der Waals surface area contributed by atoms with Crippen molar-refractivity contribution in [3.8, 4) is 11.3 Å². The predicted octanol–water partition coefficient (Wildman–Crippen LogP) is 3.56. The van der Waals surface area contributed by atoms with E-state index < -0.39 is 46.2 Å². The van der Waals surface area contributed by atoms with Gasteiger partial charge in [0.05, 0.1) is 30.2 Å². The molecule has 1 saturated heterocycles. The van der Waals surface area contributed by atoms with Crippen molar-refractivity contribution in [2.24, 2.45) is 0 Å². The number of allylic oxidation sites excluding steroid dienone is 1. The molecule has 0 spiro atoms. The number of aliphatic hydroxyl groups is 1. The van der Waals surface area contributed by atoms with Gasteiger partial charge in [0, 0.05) is 81.4 Å². The number of nitrogens with one attached hydrogen (secondary N) is 1. The number of β-amino-alcohol motifs (C(OH)–C–C–N with tert-alkyl or cyclic N) is 1. The SMILES string of the molecule is CC(C)=CC(=O)NCc1cc(-c2nn(CC(O)CN3CCC(F)(F)CC3)c3c2CN(S(C)(=O)=O)CC3)ccc1C(F)(F)F. The van der Waals surface area contributed by atoms with Crippen molar-refractivity contribution in [3.05, 3.63) is 52.2 Å². The van der Waals surface area contributed by atoms with Crippen LogP contribution in [0.5, 0.6) is 0 Å². The predicted molar refractivity (Wildman–Crippen MR) is 150 cm³/mol. The molecule has 1 amide bonds. The number of nitrogens with zero attached hydrogens (tertiary/aromatic N) is 4. The lowest BCUT2D eigenvalue weighted by atomic mass is 9.97. The molecule has 9 nitrogen and oxygen atoms in total. The van der Waals surface area contributed by atoms with E-state index in [1.165, 1.54) is 27.2 Å². The van der Waals surface area contributed by atoms with Gasteiger partial charge in [-0.05, 0) is 31.5 Å². The minimum absolute atomic E-state index is 0.0135. The molecule has 0 aliphatic carbocycles.